The molecule has 0 aromatic heterocycles. The summed E-state index contributed by atoms with van der Waals surface area (Å²) in [7, 11) is 0. The van der Waals surface area contributed by atoms with Crippen molar-refractivity contribution in [2.45, 2.75) is 168 Å². The molecule has 4 aromatic carbocycles. The highest BCUT2D eigenvalue weighted by Crippen LogP contribution is 2.23. The van der Waals surface area contributed by atoms with Crippen LogP contribution in [0.3, 0.4) is 0 Å². The molecule has 4 aromatic rings. The summed E-state index contributed by atoms with van der Waals surface area (Å²) in [4.78, 5) is 0. The molecular formula is C50H72N2. The van der Waals surface area contributed by atoms with Gasteiger partial charge in [0.2, 0.25) is 0 Å². The zero-order valence-electron chi connectivity index (χ0n) is 33.2. The standard InChI is InChI=1S/C50H72N2/c1-3-21-45-37-41(25-31-47(45)39-43-27-33-49(51)34-28-43)23-19-17-15-13-11-9-7-5-6-8-10-12-14-16-18-20-24-42-26-32-48(46(38-42)22-4-2)40-44-29-35-50(52)36-30-44/h25-38H,3-24,39-40,51-52H2,1-2H3. The number of nitrogens with two attached hydrogens (primary N) is 2. The highest BCUT2D eigenvalue weighted by atomic mass is 14.5. The molecule has 0 fully saturated rings. The Kier molecular flexibility index (Phi) is 19.6. The van der Waals surface area contributed by atoms with Crippen LogP contribution in [0, 0.1) is 0 Å². The van der Waals surface area contributed by atoms with Crippen molar-refractivity contribution in [3.63, 3.8) is 0 Å². The summed E-state index contributed by atoms with van der Waals surface area (Å²) in [6.45, 7) is 4.58. The first kappa shape index (κ1) is 41.2. The van der Waals surface area contributed by atoms with Crippen molar-refractivity contribution >= 4 is 11.4 Å². The summed E-state index contributed by atoms with van der Waals surface area (Å²) in [6.07, 6.45) is 31.7. The van der Waals surface area contributed by atoms with E-state index >= 15 is 0 Å². The fourth-order valence-electron chi connectivity index (χ4n) is 7.86. The predicted molar refractivity (Wildman–Crippen MR) is 229 cm³/mol. The van der Waals surface area contributed by atoms with Gasteiger partial charge >= 0.3 is 0 Å². The molecule has 0 saturated carbocycles. The Balaban J connectivity index is 0.946. The van der Waals surface area contributed by atoms with Gasteiger partial charge in [0.05, 0.1) is 0 Å². The smallest absolute Gasteiger partial charge is 0.0314 e. The number of anilines is 2. The number of hydrogen-bond acceptors (Lipinski definition) is 2. The van der Waals surface area contributed by atoms with Crippen LogP contribution in [0.1, 0.15) is 174 Å². The molecule has 0 aliphatic carbocycles. The summed E-state index contributed by atoms with van der Waals surface area (Å²) in [5.74, 6) is 0. The molecule has 52 heavy (non-hydrogen) atoms. The van der Waals surface area contributed by atoms with Gasteiger partial charge in [-0.2, -0.15) is 0 Å². The van der Waals surface area contributed by atoms with E-state index < -0.39 is 0 Å². The van der Waals surface area contributed by atoms with Crippen molar-refractivity contribution < 1.29 is 0 Å². The van der Waals surface area contributed by atoms with Crippen molar-refractivity contribution in [3.8, 4) is 0 Å². The summed E-state index contributed by atoms with van der Waals surface area (Å²) < 4.78 is 0. The van der Waals surface area contributed by atoms with Crippen LogP contribution in [0.2, 0.25) is 0 Å². The third-order valence-electron chi connectivity index (χ3n) is 11.0. The molecule has 0 atom stereocenters. The highest BCUT2D eigenvalue weighted by Gasteiger charge is 2.08. The largest absolute Gasteiger partial charge is 0.399 e. The Labute approximate surface area is 319 Å². The lowest BCUT2D eigenvalue weighted by atomic mass is 9.93. The lowest BCUT2D eigenvalue weighted by Gasteiger charge is -2.12. The quantitative estimate of drug-likeness (QED) is 0.0480. The van der Waals surface area contributed by atoms with Crippen LogP contribution in [0.5, 0.6) is 0 Å². The van der Waals surface area contributed by atoms with Crippen LogP contribution in [0.15, 0.2) is 84.9 Å². The van der Waals surface area contributed by atoms with Crippen molar-refractivity contribution in [2.24, 2.45) is 0 Å². The molecule has 0 aliphatic heterocycles. The van der Waals surface area contributed by atoms with E-state index in [0.29, 0.717) is 0 Å². The summed E-state index contributed by atoms with van der Waals surface area (Å²) in [5, 5.41) is 0. The Morgan fingerprint density at radius 1 is 0.308 bits per heavy atom. The van der Waals surface area contributed by atoms with E-state index in [-0.39, 0.29) is 0 Å². The van der Waals surface area contributed by atoms with E-state index in [2.05, 4.69) is 74.5 Å². The molecule has 0 saturated heterocycles. The third-order valence-corrected chi connectivity index (χ3v) is 11.0. The average molecular weight is 701 g/mol. The van der Waals surface area contributed by atoms with E-state index in [1.807, 2.05) is 24.3 Å². The molecule has 0 amide bonds. The first-order chi connectivity index (χ1) is 25.5. The normalized spacial score (nSPS) is 11.3. The molecule has 282 valence electrons. The van der Waals surface area contributed by atoms with Gasteiger partial charge in [0, 0.05) is 11.4 Å². The van der Waals surface area contributed by atoms with Gasteiger partial charge < -0.3 is 11.5 Å². The molecular weight excluding hydrogens is 629 g/mol. The van der Waals surface area contributed by atoms with Gasteiger partial charge in [-0.3, -0.25) is 0 Å². The monoisotopic (exact) mass is 701 g/mol. The number of aryl methyl sites for hydroxylation is 4. The second kappa shape index (κ2) is 24.7. The molecule has 2 heteroatoms. The zero-order valence-corrected chi connectivity index (χ0v) is 33.2. The molecule has 0 heterocycles. The molecule has 4 N–H and O–H groups in total. The third kappa shape index (κ3) is 16.0. The van der Waals surface area contributed by atoms with Crippen LogP contribution in [0.4, 0.5) is 11.4 Å². The van der Waals surface area contributed by atoms with Crippen molar-refractivity contribution in [1.29, 1.82) is 0 Å². The van der Waals surface area contributed by atoms with Gasteiger partial charge in [-0.15, -0.1) is 0 Å². The molecule has 0 spiro atoms. The van der Waals surface area contributed by atoms with Crippen molar-refractivity contribution in [3.05, 3.63) is 129 Å². The minimum atomic E-state index is 0.841. The number of unbranched alkanes of at least 4 members (excludes halogenated alkanes) is 15. The zero-order chi connectivity index (χ0) is 36.6. The lowest BCUT2D eigenvalue weighted by molar-refractivity contribution is 0.528. The average Bonchev–Trinajstić information content (AvgIpc) is 3.15. The van der Waals surface area contributed by atoms with Gasteiger partial charge in [-0.1, -0.05) is 177 Å². The summed E-state index contributed by atoms with van der Waals surface area (Å²) >= 11 is 0. The molecule has 2 nitrogen and oxygen atoms in total. The van der Waals surface area contributed by atoms with Crippen LogP contribution >= 0.6 is 0 Å². The Hall–Kier alpha value is -3.52. The molecule has 0 bridgehead atoms. The van der Waals surface area contributed by atoms with Crippen LogP contribution in [-0.2, 0) is 38.5 Å². The van der Waals surface area contributed by atoms with E-state index in [1.54, 1.807) is 0 Å². The molecule has 0 radical (unpaired) electrons. The van der Waals surface area contributed by atoms with Gasteiger partial charge in [0.15, 0.2) is 0 Å². The first-order valence-electron chi connectivity index (χ1n) is 21.4. The fraction of sp³-hybridized carbons (Fsp3) is 0.520. The fourth-order valence-corrected chi connectivity index (χ4v) is 7.86. The topological polar surface area (TPSA) is 52.0 Å². The number of rotatable bonds is 27. The van der Waals surface area contributed by atoms with E-state index in [9.17, 15) is 0 Å². The summed E-state index contributed by atoms with van der Waals surface area (Å²) in [5.41, 5.74) is 25.2. The van der Waals surface area contributed by atoms with Crippen LogP contribution in [0.25, 0.3) is 0 Å². The van der Waals surface area contributed by atoms with Gasteiger partial charge in [-0.25, -0.2) is 0 Å². The SMILES string of the molecule is CCCc1cc(CCCCCCCCCCCCCCCCCCc2ccc(Cc3ccc(N)cc3)c(CCC)c2)ccc1Cc1ccc(N)cc1. The van der Waals surface area contributed by atoms with Crippen molar-refractivity contribution in [1.82, 2.24) is 0 Å². The van der Waals surface area contributed by atoms with Gasteiger partial charge in [0.1, 0.15) is 0 Å². The molecule has 0 aliphatic rings. The van der Waals surface area contributed by atoms with Crippen molar-refractivity contribution in [2.75, 3.05) is 11.5 Å². The lowest BCUT2D eigenvalue weighted by Crippen LogP contribution is -1.98. The van der Waals surface area contributed by atoms with E-state index in [4.69, 9.17) is 11.5 Å². The maximum atomic E-state index is 5.88. The number of nitrogen functional groups attached to an aromatic ring is 2. The Bertz CT molecular complexity index is 1400. The van der Waals surface area contributed by atoms with Crippen LogP contribution in [-0.4, -0.2) is 0 Å². The molecule has 4 rings (SSSR count). The number of benzene rings is 4. The second-order valence-corrected chi connectivity index (χ2v) is 15.7. The highest BCUT2D eigenvalue weighted by molar-refractivity contribution is 5.43. The van der Waals surface area contributed by atoms with Gasteiger partial charge in [0.25, 0.3) is 0 Å². The maximum absolute atomic E-state index is 5.88. The second-order valence-electron chi connectivity index (χ2n) is 15.7. The number of hydrogen-bond donors (Lipinski definition) is 2. The molecule has 0 unspecified atom stereocenters. The van der Waals surface area contributed by atoms with E-state index in [1.165, 1.54) is 186 Å². The Morgan fingerprint density at radius 2 is 0.596 bits per heavy atom. The Morgan fingerprint density at radius 3 is 0.904 bits per heavy atom. The van der Waals surface area contributed by atoms with Crippen LogP contribution < -0.4 is 11.5 Å². The predicted octanol–water partition coefficient (Wildman–Crippen LogP) is 14.0. The minimum Gasteiger partial charge on any atom is -0.399 e. The summed E-state index contributed by atoms with van der Waals surface area (Å²) in [6, 6.07) is 31.2. The van der Waals surface area contributed by atoms with E-state index in [0.717, 1.165) is 24.2 Å². The van der Waals surface area contributed by atoms with Gasteiger partial charge in [-0.05, 0) is 120 Å². The maximum Gasteiger partial charge on any atom is 0.0314 e. The first-order valence-corrected chi connectivity index (χ1v) is 21.4. The minimum absolute atomic E-state index is 0.841.